The van der Waals surface area contributed by atoms with Gasteiger partial charge in [-0.1, -0.05) is 17.4 Å². The predicted octanol–water partition coefficient (Wildman–Crippen LogP) is 3.67. The van der Waals surface area contributed by atoms with Crippen LogP contribution in [0.25, 0.3) is 0 Å². The molecule has 0 amide bonds. The second-order valence-corrected chi connectivity index (χ2v) is 5.59. The first kappa shape index (κ1) is 14.9. The number of nitrogens with zero attached hydrogens (tertiary/aromatic N) is 1. The Kier molecular flexibility index (Phi) is 3.54. The first-order chi connectivity index (χ1) is 9.14. The molecular formula is C10H5F5N2OS2. The average Bonchev–Trinajstić information content (AvgIpc) is 2.95. The van der Waals surface area contributed by atoms with Gasteiger partial charge in [-0.25, -0.2) is 4.98 Å². The molecule has 0 bridgehead atoms. The van der Waals surface area contributed by atoms with Crippen LogP contribution in [0, 0.1) is 0 Å². The van der Waals surface area contributed by atoms with E-state index in [-0.39, 0.29) is 4.88 Å². The van der Waals surface area contributed by atoms with Crippen molar-refractivity contribution in [1.82, 2.24) is 4.98 Å². The summed E-state index contributed by atoms with van der Waals surface area (Å²) in [6.07, 6.45) is -5.85. The third kappa shape index (κ3) is 2.40. The van der Waals surface area contributed by atoms with Crippen LogP contribution in [0.4, 0.5) is 27.1 Å². The standard InChI is InChI=1S/C10H5F5N2OS2/c11-9(12,10(13,14)15)7-6(20-8(16)17-7)5(18)4-2-1-3-19-4/h1-3H,(H2,16,17). The maximum absolute atomic E-state index is 13.4. The number of hydrogen-bond donors (Lipinski definition) is 1. The normalized spacial score (nSPS) is 12.7. The molecular weight excluding hydrogens is 323 g/mol. The Labute approximate surface area is 116 Å². The molecule has 20 heavy (non-hydrogen) atoms. The second-order valence-electron chi connectivity index (χ2n) is 3.61. The van der Waals surface area contributed by atoms with Gasteiger partial charge in [0.15, 0.2) is 5.13 Å². The number of thiophene rings is 1. The van der Waals surface area contributed by atoms with Crippen molar-refractivity contribution >= 4 is 33.6 Å². The maximum atomic E-state index is 13.4. The molecule has 108 valence electrons. The molecule has 0 aromatic carbocycles. The molecule has 2 aromatic rings. The predicted molar refractivity (Wildman–Crippen MR) is 64.2 cm³/mol. The van der Waals surface area contributed by atoms with Gasteiger partial charge in [-0.3, -0.25) is 4.79 Å². The number of rotatable bonds is 3. The lowest BCUT2D eigenvalue weighted by molar-refractivity contribution is -0.290. The lowest BCUT2D eigenvalue weighted by atomic mass is 10.1. The van der Waals surface area contributed by atoms with E-state index in [0.717, 1.165) is 11.3 Å². The van der Waals surface area contributed by atoms with Crippen LogP contribution in [-0.2, 0) is 5.92 Å². The zero-order chi connectivity index (χ0) is 15.1. The average molecular weight is 328 g/mol. The van der Waals surface area contributed by atoms with Gasteiger partial charge in [0.1, 0.15) is 10.6 Å². The lowest BCUT2D eigenvalue weighted by Gasteiger charge is -2.18. The van der Waals surface area contributed by atoms with Crippen molar-refractivity contribution in [3.63, 3.8) is 0 Å². The highest BCUT2D eigenvalue weighted by Gasteiger charge is 2.61. The monoisotopic (exact) mass is 328 g/mol. The lowest BCUT2D eigenvalue weighted by Crippen LogP contribution is -2.35. The first-order valence-electron chi connectivity index (χ1n) is 4.94. The summed E-state index contributed by atoms with van der Waals surface area (Å²) in [5.41, 5.74) is 3.52. The SMILES string of the molecule is Nc1nc(C(F)(F)C(F)(F)F)c(C(=O)c2cccs2)s1. The van der Waals surface area contributed by atoms with E-state index < -0.39 is 33.6 Å². The van der Waals surface area contributed by atoms with Gasteiger partial charge in [-0.15, -0.1) is 11.3 Å². The largest absolute Gasteiger partial charge is 0.459 e. The van der Waals surface area contributed by atoms with E-state index in [0.29, 0.717) is 11.3 Å². The van der Waals surface area contributed by atoms with Crippen molar-refractivity contribution in [2.45, 2.75) is 12.1 Å². The van der Waals surface area contributed by atoms with Gasteiger partial charge in [0, 0.05) is 0 Å². The molecule has 0 saturated carbocycles. The van der Waals surface area contributed by atoms with Crippen LogP contribution in [-0.4, -0.2) is 16.9 Å². The zero-order valence-corrected chi connectivity index (χ0v) is 11.0. The van der Waals surface area contributed by atoms with Crippen molar-refractivity contribution < 1.29 is 26.7 Å². The molecule has 0 aliphatic rings. The Bertz CT molecular complexity index is 633. The van der Waals surface area contributed by atoms with Crippen LogP contribution < -0.4 is 5.73 Å². The molecule has 0 atom stereocenters. The smallest absolute Gasteiger partial charge is 0.375 e. The van der Waals surface area contributed by atoms with Gasteiger partial charge in [0.05, 0.1) is 4.88 Å². The van der Waals surface area contributed by atoms with Crippen LogP contribution in [0.1, 0.15) is 20.2 Å². The summed E-state index contributed by atoms with van der Waals surface area (Å²) in [6.45, 7) is 0. The Morgan fingerprint density at radius 2 is 1.90 bits per heavy atom. The van der Waals surface area contributed by atoms with Gasteiger partial charge in [-0.2, -0.15) is 22.0 Å². The molecule has 0 unspecified atom stereocenters. The van der Waals surface area contributed by atoms with Gasteiger partial charge in [0.25, 0.3) is 0 Å². The van der Waals surface area contributed by atoms with E-state index >= 15 is 0 Å². The van der Waals surface area contributed by atoms with Gasteiger partial charge in [0.2, 0.25) is 5.78 Å². The highest BCUT2D eigenvalue weighted by Crippen LogP contribution is 2.46. The summed E-state index contributed by atoms with van der Waals surface area (Å²) in [4.78, 5) is 14.2. The topological polar surface area (TPSA) is 56.0 Å². The summed E-state index contributed by atoms with van der Waals surface area (Å²) in [5, 5.41) is 0.975. The van der Waals surface area contributed by atoms with Gasteiger partial charge in [-0.05, 0) is 11.4 Å². The molecule has 2 rings (SSSR count). The number of hydrogen-bond acceptors (Lipinski definition) is 5. The van der Waals surface area contributed by atoms with E-state index in [1.807, 2.05) is 0 Å². The number of carbonyl (C=O) groups excluding carboxylic acids is 1. The van der Waals surface area contributed by atoms with Crippen molar-refractivity contribution in [2.75, 3.05) is 5.73 Å². The van der Waals surface area contributed by atoms with Crippen LogP contribution in [0.5, 0.6) is 0 Å². The number of carbonyl (C=O) groups is 1. The fourth-order valence-corrected chi connectivity index (χ4v) is 2.91. The van der Waals surface area contributed by atoms with Crippen LogP contribution in [0.2, 0.25) is 0 Å². The molecule has 0 radical (unpaired) electrons. The molecule has 0 fully saturated rings. The highest BCUT2D eigenvalue weighted by molar-refractivity contribution is 7.19. The van der Waals surface area contributed by atoms with Crippen molar-refractivity contribution in [3.05, 3.63) is 33.0 Å². The molecule has 2 aromatic heterocycles. The number of alkyl halides is 5. The number of thiazole rings is 1. The summed E-state index contributed by atoms with van der Waals surface area (Å²) in [7, 11) is 0. The molecule has 0 aliphatic heterocycles. The van der Waals surface area contributed by atoms with Crippen LogP contribution in [0.15, 0.2) is 17.5 Å². The van der Waals surface area contributed by atoms with Crippen molar-refractivity contribution in [2.24, 2.45) is 0 Å². The number of nitrogens with two attached hydrogens (primary N) is 1. The molecule has 0 spiro atoms. The molecule has 10 heteroatoms. The second kappa shape index (κ2) is 4.77. The summed E-state index contributed by atoms with van der Waals surface area (Å²) in [5.74, 6) is -6.18. The number of anilines is 1. The van der Waals surface area contributed by atoms with E-state index in [1.54, 1.807) is 0 Å². The zero-order valence-electron chi connectivity index (χ0n) is 9.37. The molecule has 2 N–H and O–H groups in total. The Balaban J connectivity index is 2.55. The minimum absolute atomic E-state index is 0.0351. The molecule has 3 nitrogen and oxygen atoms in total. The van der Waals surface area contributed by atoms with Crippen LogP contribution >= 0.6 is 22.7 Å². The number of halogens is 5. The number of nitrogen functional groups attached to an aromatic ring is 1. The fourth-order valence-electron chi connectivity index (χ4n) is 1.36. The number of aromatic nitrogens is 1. The van der Waals surface area contributed by atoms with E-state index in [2.05, 4.69) is 4.98 Å². The van der Waals surface area contributed by atoms with Crippen molar-refractivity contribution in [1.29, 1.82) is 0 Å². The van der Waals surface area contributed by atoms with E-state index in [1.165, 1.54) is 17.5 Å². The van der Waals surface area contributed by atoms with Gasteiger partial charge >= 0.3 is 12.1 Å². The Morgan fingerprint density at radius 3 is 2.40 bits per heavy atom. The minimum Gasteiger partial charge on any atom is -0.375 e. The quantitative estimate of drug-likeness (QED) is 0.691. The third-order valence-corrected chi connectivity index (χ3v) is 4.00. The fraction of sp³-hybridized carbons (Fsp3) is 0.200. The van der Waals surface area contributed by atoms with E-state index in [9.17, 15) is 26.7 Å². The Hall–Kier alpha value is -1.55. The molecule has 0 saturated heterocycles. The summed E-state index contributed by atoms with van der Waals surface area (Å²) < 4.78 is 63.8. The number of ketones is 1. The molecule has 0 aliphatic carbocycles. The van der Waals surface area contributed by atoms with Crippen LogP contribution in [0.3, 0.4) is 0 Å². The highest BCUT2D eigenvalue weighted by atomic mass is 32.1. The summed E-state index contributed by atoms with van der Waals surface area (Å²) in [6, 6.07) is 2.79. The maximum Gasteiger partial charge on any atom is 0.459 e. The molecule has 2 heterocycles. The van der Waals surface area contributed by atoms with Crippen molar-refractivity contribution in [3.8, 4) is 0 Å². The first-order valence-corrected chi connectivity index (χ1v) is 6.63. The van der Waals surface area contributed by atoms with E-state index in [4.69, 9.17) is 5.73 Å². The third-order valence-electron chi connectivity index (χ3n) is 2.25. The summed E-state index contributed by atoms with van der Waals surface area (Å²) >= 11 is 1.23. The minimum atomic E-state index is -5.85. The van der Waals surface area contributed by atoms with Gasteiger partial charge < -0.3 is 5.73 Å². The Morgan fingerprint density at radius 1 is 1.25 bits per heavy atom.